The van der Waals surface area contributed by atoms with Crippen LogP contribution in [0.5, 0.6) is 0 Å². The van der Waals surface area contributed by atoms with Crippen molar-refractivity contribution >= 4 is 23.2 Å². The fourth-order valence-electron chi connectivity index (χ4n) is 3.85. The van der Waals surface area contributed by atoms with E-state index in [-0.39, 0.29) is 5.91 Å². The van der Waals surface area contributed by atoms with E-state index in [1.165, 1.54) is 24.2 Å². The molecule has 2 atom stereocenters. The average molecular weight is 321 g/mol. The Labute approximate surface area is 135 Å². The lowest BCUT2D eigenvalue weighted by atomic mass is 10.0. The van der Waals surface area contributed by atoms with Gasteiger partial charge in [0.15, 0.2) is 0 Å². The standard InChI is InChI=1S/C16H23N3O2S/c1-2-18-9-3-5-11(18)12-6-4-10-19(12)16(21)14-8-7-13(22-14)15(17)20/h7-8,11-12H,2-6,9-10H2,1H3,(H2,17,20)/t11-,12-/m0/s1. The van der Waals surface area contributed by atoms with Crippen LogP contribution in [0.4, 0.5) is 0 Å². The summed E-state index contributed by atoms with van der Waals surface area (Å²) in [4.78, 5) is 29.6. The van der Waals surface area contributed by atoms with Gasteiger partial charge in [0.25, 0.3) is 11.8 Å². The first-order valence-electron chi connectivity index (χ1n) is 8.06. The summed E-state index contributed by atoms with van der Waals surface area (Å²) in [6, 6.07) is 4.19. The summed E-state index contributed by atoms with van der Waals surface area (Å²) < 4.78 is 0. The number of amides is 2. The summed E-state index contributed by atoms with van der Waals surface area (Å²) in [5.74, 6) is -0.405. The third-order valence-electron chi connectivity index (χ3n) is 4.88. The zero-order valence-corrected chi connectivity index (χ0v) is 13.8. The minimum Gasteiger partial charge on any atom is -0.365 e. The van der Waals surface area contributed by atoms with Crippen molar-refractivity contribution < 1.29 is 9.59 Å². The van der Waals surface area contributed by atoms with Crippen LogP contribution in [0.3, 0.4) is 0 Å². The van der Waals surface area contributed by atoms with Gasteiger partial charge in [-0.3, -0.25) is 14.5 Å². The largest absolute Gasteiger partial charge is 0.365 e. The lowest BCUT2D eigenvalue weighted by Crippen LogP contribution is -2.48. The van der Waals surface area contributed by atoms with Crippen molar-refractivity contribution in [2.75, 3.05) is 19.6 Å². The van der Waals surface area contributed by atoms with Gasteiger partial charge in [-0.1, -0.05) is 6.92 Å². The number of nitrogens with two attached hydrogens (primary N) is 1. The minimum atomic E-state index is -0.463. The van der Waals surface area contributed by atoms with E-state index in [4.69, 9.17) is 5.73 Å². The summed E-state index contributed by atoms with van der Waals surface area (Å²) in [6.07, 6.45) is 4.56. The number of carbonyl (C=O) groups excluding carboxylic acids is 2. The molecule has 2 saturated heterocycles. The van der Waals surface area contributed by atoms with Crippen molar-refractivity contribution in [1.82, 2.24) is 9.80 Å². The number of hydrogen-bond donors (Lipinski definition) is 1. The summed E-state index contributed by atoms with van der Waals surface area (Å²) in [5.41, 5.74) is 5.28. The summed E-state index contributed by atoms with van der Waals surface area (Å²) in [5, 5.41) is 0. The van der Waals surface area contributed by atoms with E-state index in [0.717, 1.165) is 32.5 Å². The van der Waals surface area contributed by atoms with Crippen LogP contribution in [0.15, 0.2) is 12.1 Å². The number of thiophene rings is 1. The van der Waals surface area contributed by atoms with Crippen molar-refractivity contribution in [3.8, 4) is 0 Å². The SMILES string of the molecule is CCN1CCC[C@H]1[C@@H]1CCCN1C(=O)c1ccc(C(N)=O)s1. The summed E-state index contributed by atoms with van der Waals surface area (Å²) in [7, 11) is 0. The molecule has 2 aliphatic rings. The predicted octanol–water partition coefficient (Wildman–Crippen LogP) is 1.94. The molecule has 2 amide bonds. The van der Waals surface area contributed by atoms with Gasteiger partial charge in [-0.2, -0.15) is 0 Å². The van der Waals surface area contributed by atoms with Gasteiger partial charge < -0.3 is 10.6 Å². The van der Waals surface area contributed by atoms with Crippen molar-refractivity contribution in [3.05, 3.63) is 21.9 Å². The van der Waals surface area contributed by atoms with Gasteiger partial charge in [-0.15, -0.1) is 11.3 Å². The summed E-state index contributed by atoms with van der Waals surface area (Å²) in [6.45, 7) is 5.21. The molecule has 2 aliphatic heterocycles. The first-order chi connectivity index (χ1) is 10.6. The Hall–Kier alpha value is -1.40. The van der Waals surface area contributed by atoms with Crippen molar-refractivity contribution in [3.63, 3.8) is 0 Å². The van der Waals surface area contributed by atoms with Gasteiger partial charge in [0.2, 0.25) is 0 Å². The molecular weight excluding hydrogens is 298 g/mol. The van der Waals surface area contributed by atoms with Gasteiger partial charge in [-0.05, 0) is 50.9 Å². The first kappa shape index (κ1) is 15.5. The predicted molar refractivity (Wildman–Crippen MR) is 87.2 cm³/mol. The highest BCUT2D eigenvalue weighted by atomic mass is 32.1. The molecule has 1 aromatic heterocycles. The molecule has 0 spiro atoms. The smallest absolute Gasteiger partial charge is 0.264 e. The molecular formula is C16H23N3O2S. The first-order valence-corrected chi connectivity index (χ1v) is 8.88. The molecule has 0 radical (unpaired) electrons. The van der Waals surface area contributed by atoms with Crippen LogP contribution < -0.4 is 5.73 Å². The van der Waals surface area contributed by atoms with Crippen LogP contribution in [0.25, 0.3) is 0 Å². The molecule has 22 heavy (non-hydrogen) atoms. The van der Waals surface area contributed by atoms with Gasteiger partial charge >= 0.3 is 0 Å². The van der Waals surface area contributed by atoms with Crippen LogP contribution in [0.2, 0.25) is 0 Å². The fraction of sp³-hybridized carbons (Fsp3) is 0.625. The second kappa shape index (κ2) is 6.38. The average Bonchev–Trinajstić information content (AvgIpc) is 3.23. The zero-order chi connectivity index (χ0) is 15.7. The lowest BCUT2D eigenvalue weighted by molar-refractivity contribution is 0.0654. The van der Waals surface area contributed by atoms with E-state index in [9.17, 15) is 9.59 Å². The molecule has 5 nitrogen and oxygen atoms in total. The van der Waals surface area contributed by atoms with Crippen molar-refractivity contribution in [2.24, 2.45) is 5.73 Å². The van der Waals surface area contributed by atoms with Gasteiger partial charge in [0, 0.05) is 18.6 Å². The molecule has 0 unspecified atom stereocenters. The summed E-state index contributed by atoms with van der Waals surface area (Å²) >= 11 is 1.21. The number of hydrogen-bond acceptors (Lipinski definition) is 4. The van der Waals surface area contributed by atoms with E-state index in [1.807, 2.05) is 4.90 Å². The molecule has 3 rings (SSSR count). The topological polar surface area (TPSA) is 66.6 Å². The Morgan fingerprint density at radius 3 is 2.55 bits per heavy atom. The van der Waals surface area contributed by atoms with Crippen molar-refractivity contribution in [1.29, 1.82) is 0 Å². The van der Waals surface area contributed by atoms with Gasteiger partial charge in [0.1, 0.15) is 0 Å². The lowest BCUT2D eigenvalue weighted by Gasteiger charge is -2.34. The quantitative estimate of drug-likeness (QED) is 0.921. The Morgan fingerprint density at radius 1 is 1.18 bits per heavy atom. The van der Waals surface area contributed by atoms with Crippen molar-refractivity contribution in [2.45, 2.75) is 44.7 Å². The van der Waals surface area contributed by atoms with E-state index in [1.54, 1.807) is 12.1 Å². The zero-order valence-electron chi connectivity index (χ0n) is 13.0. The molecule has 0 aromatic carbocycles. The Morgan fingerprint density at radius 2 is 1.86 bits per heavy atom. The highest BCUT2D eigenvalue weighted by Crippen LogP contribution is 2.31. The van der Waals surface area contributed by atoms with Crippen LogP contribution in [0, 0.1) is 0 Å². The Kier molecular flexibility index (Phi) is 4.49. The maximum absolute atomic E-state index is 12.8. The maximum Gasteiger partial charge on any atom is 0.264 e. The monoisotopic (exact) mass is 321 g/mol. The van der Waals surface area contributed by atoms with Crippen LogP contribution in [0.1, 0.15) is 52.0 Å². The van der Waals surface area contributed by atoms with E-state index in [0.29, 0.717) is 21.8 Å². The van der Waals surface area contributed by atoms with E-state index < -0.39 is 5.91 Å². The number of likely N-dealkylation sites (N-methyl/N-ethyl adjacent to an activating group) is 1. The number of primary amides is 1. The maximum atomic E-state index is 12.8. The molecule has 2 N–H and O–H groups in total. The molecule has 3 heterocycles. The van der Waals surface area contributed by atoms with E-state index >= 15 is 0 Å². The van der Waals surface area contributed by atoms with E-state index in [2.05, 4.69) is 11.8 Å². The molecule has 120 valence electrons. The van der Waals surface area contributed by atoms with Crippen LogP contribution in [-0.2, 0) is 0 Å². The molecule has 2 fully saturated rings. The Balaban J connectivity index is 1.77. The van der Waals surface area contributed by atoms with Gasteiger partial charge in [-0.25, -0.2) is 0 Å². The number of carbonyl (C=O) groups is 2. The third kappa shape index (κ3) is 2.77. The third-order valence-corrected chi connectivity index (χ3v) is 5.97. The number of nitrogens with zero attached hydrogens (tertiary/aromatic N) is 2. The molecule has 1 aromatic rings. The molecule has 6 heteroatoms. The minimum absolute atomic E-state index is 0.0583. The second-order valence-electron chi connectivity index (χ2n) is 6.07. The second-order valence-corrected chi connectivity index (χ2v) is 7.16. The van der Waals surface area contributed by atoms with Gasteiger partial charge in [0.05, 0.1) is 9.75 Å². The molecule has 0 bridgehead atoms. The fourth-order valence-corrected chi connectivity index (χ4v) is 4.67. The Bertz CT molecular complexity index is 571. The highest BCUT2D eigenvalue weighted by molar-refractivity contribution is 7.15. The number of rotatable bonds is 4. The number of likely N-dealkylation sites (tertiary alicyclic amines) is 2. The molecule has 0 saturated carbocycles. The van der Waals surface area contributed by atoms with Crippen LogP contribution >= 0.6 is 11.3 Å². The normalized spacial score (nSPS) is 25.8. The highest BCUT2D eigenvalue weighted by Gasteiger charge is 2.39. The van der Waals surface area contributed by atoms with Crippen LogP contribution in [-0.4, -0.2) is 53.3 Å². The molecule has 0 aliphatic carbocycles.